The summed E-state index contributed by atoms with van der Waals surface area (Å²) in [7, 11) is 1.52. The Balaban J connectivity index is 0.00000480. The molecule has 2 atom stereocenters. The summed E-state index contributed by atoms with van der Waals surface area (Å²) in [5, 5.41) is 7.39. The largest absolute Gasteiger partial charge is 0.493 e. The lowest BCUT2D eigenvalue weighted by Gasteiger charge is -2.36. The summed E-state index contributed by atoms with van der Waals surface area (Å²) in [6.07, 6.45) is 2.70. The lowest BCUT2D eigenvalue weighted by atomic mass is 9.91. The molecule has 1 saturated heterocycles. The summed E-state index contributed by atoms with van der Waals surface area (Å²) in [5.41, 5.74) is 4.98. The van der Waals surface area contributed by atoms with Crippen molar-refractivity contribution in [2.24, 2.45) is 5.92 Å². The van der Waals surface area contributed by atoms with Crippen molar-refractivity contribution in [1.82, 2.24) is 15.5 Å². The average molecular weight is 691 g/mol. The van der Waals surface area contributed by atoms with E-state index >= 15 is 0 Å². The Hall–Kier alpha value is -3.17. The molecule has 1 aliphatic carbocycles. The van der Waals surface area contributed by atoms with E-state index in [-0.39, 0.29) is 55.4 Å². The van der Waals surface area contributed by atoms with Gasteiger partial charge in [-0.1, -0.05) is 41.4 Å². The van der Waals surface area contributed by atoms with Gasteiger partial charge in [0.1, 0.15) is 13.2 Å². The number of halogens is 3. The van der Waals surface area contributed by atoms with Gasteiger partial charge in [0.2, 0.25) is 5.91 Å². The van der Waals surface area contributed by atoms with Crippen molar-refractivity contribution in [3.63, 3.8) is 0 Å². The first-order chi connectivity index (χ1) is 21.7. The number of aryl methyl sites for hydroxylation is 2. The second-order valence-corrected chi connectivity index (χ2v) is 12.7. The number of carbonyl (C=O) groups excluding carboxylic acids is 2. The molecule has 0 aromatic heterocycles. The van der Waals surface area contributed by atoms with E-state index in [0.29, 0.717) is 52.4 Å². The Kier molecular flexibility index (Phi) is 12.5. The van der Waals surface area contributed by atoms with Gasteiger partial charge in [-0.25, -0.2) is 0 Å². The van der Waals surface area contributed by atoms with Crippen molar-refractivity contribution >= 4 is 47.4 Å². The molecule has 2 fully saturated rings. The van der Waals surface area contributed by atoms with Crippen molar-refractivity contribution < 1.29 is 23.8 Å². The van der Waals surface area contributed by atoms with Crippen molar-refractivity contribution in [1.29, 1.82) is 0 Å². The quantitative estimate of drug-likeness (QED) is 0.206. The van der Waals surface area contributed by atoms with E-state index in [1.165, 1.54) is 23.8 Å². The van der Waals surface area contributed by atoms with Crippen LogP contribution in [0, 0.1) is 26.7 Å². The van der Waals surface area contributed by atoms with E-state index in [0.717, 1.165) is 24.9 Å². The van der Waals surface area contributed by atoms with Crippen LogP contribution in [-0.2, 0) is 11.3 Å². The van der Waals surface area contributed by atoms with Crippen molar-refractivity contribution in [2.45, 2.75) is 58.7 Å². The number of piperidine rings is 1. The Labute approximate surface area is 287 Å². The van der Waals surface area contributed by atoms with Gasteiger partial charge in [-0.2, -0.15) is 0 Å². The lowest BCUT2D eigenvalue weighted by molar-refractivity contribution is -0.138. The van der Waals surface area contributed by atoms with Gasteiger partial charge in [0.15, 0.2) is 17.2 Å². The van der Waals surface area contributed by atoms with Crippen LogP contribution in [0.15, 0.2) is 48.5 Å². The summed E-state index contributed by atoms with van der Waals surface area (Å²) in [6.45, 7) is 8.37. The second kappa shape index (κ2) is 16.1. The molecule has 0 radical (unpaired) electrons. The van der Waals surface area contributed by atoms with Crippen LogP contribution >= 0.6 is 35.6 Å². The zero-order valence-corrected chi connectivity index (χ0v) is 29.0. The highest BCUT2D eigenvalue weighted by Gasteiger charge is 2.40. The van der Waals surface area contributed by atoms with E-state index in [9.17, 15) is 9.59 Å². The van der Waals surface area contributed by atoms with Gasteiger partial charge in [0.05, 0.1) is 23.1 Å². The Bertz CT molecular complexity index is 1520. The molecule has 1 heterocycles. The van der Waals surface area contributed by atoms with Crippen LogP contribution in [0.1, 0.15) is 51.9 Å². The zero-order valence-electron chi connectivity index (χ0n) is 26.7. The number of amides is 2. The molecule has 5 rings (SSSR count). The van der Waals surface area contributed by atoms with Crippen LogP contribution in [0.2, 0.25) is 10.0 Å². The van der Waals surface area contributed by atoms with Crippen LogP contribution < -0.4 is 24.8 Å². The van der Waals surface area contributed by atoms with Crippen LogP contribution in [0.5, 0.6) is 17.2 Å². The molecule has 8 nitrogen and oxygen atoms in total. The number of methoxy groups -OCH3 is 1. The number of hydrogen-bond acceptors (Lipinski definition) is 6. The summed E-state index contributed by atoms with van der Waals surface area (Å²) >= 11 is 12.5. The molecular weight excluding hydrogens is 649 g/mol. The molecule has 1 saturated carbocycles. The average Bonchev–Trinajstić information content (AvgIpc) is 3.86. The van der Waals surface area contributed by atoms with E-state index in [1.807, 2.05) is 17.9 Å². The molecule has 1 aliphatic heterocycles. The molecule has 2 amide bonds. The Morgan fingerprint density at radius 3 is 2.37 bits per heavy atom. The summed E-state index contributed by atoms with van der Waals surface area (Å²) in [4.78, 5) is 29.5. The highest BCUT2D eigenvalue weighted by molar-refractivity contribution is 6.37. The third-order valence-corrected chi connectivity index (χ3v) is 9.16. The van der Waals surface area contributed by atoms with E-state index in [2.05, 4.69) is 36.6 Å². The Morgan fingerprint density at radius 2 is 1.67 bits per heavy atom. The number of nitrogens with one attached hydrogen (secondary N) is 2. The minimum atomic E-state index is -0.353. The maximum absolute atomic E-state index is 14.0. The van der Waals surface area contributed by atoms with E-state index in [4.69, 9.17) is 37.4 Å². The van der Waals surface area contributed by atoms with Gasteiger partial charge in [-0.15, -0.1) is 12.4 Å². The zero-order chi connectivity index (χ0) is 32.1. The molecule has 2 N–H and O–H groups in total. The van der Waals surface area contributed by atoms with Crippen LogP contribution in [0.4, 0.5) is 0 Å². The maximum Gasteiger partial charge on any atom is 0.251 e. The van der Waals surface area contributed by atoms with Gasteiger partial charge in [0, 0.05) is 30.7 Å². The topological polar surface area (TPSA) is 89.1 Å². The van der Waals surface area contributed by atoms with E-state index in [1.54, 1.807) is 30.3 Å². The first-order valence-corrected chi connectivity index (χ1v) is 16.2. The monoisotopic (exact) mass is 689 g/mol. The SMILES string of the molecule is COc1cc(C(=O)NC2CCNCC2C(=O)N(Cc2cccc(C)c2C)C2CC2)ccc1OCCOc1c(Cl)cc(C)cc1Cl.Cl. The molecule has 3 aromatic rings. The smallest absolute Gasteiger partial charge is 0.251 e. The molecule has 46 heavy (non-hydrogen) atoms. The number of rotatable bonds is 12. The van der Waals surface area contributed by atoms with Crippen molar-refractivity contribution in [3.8, 4) is 17.2 Å². The molecular formula is C35H42Cl3N3O5. The fourth-order valence-electron chi connectivity index (χ4n) is 5.74. The number of ether oxygens (including phenoxy) is 3. The lowest BCUT2D eigenvalue weighted by Crippen LogP contribution is -2.55. The molecule has 11 heteroatoms. The predicted molar refractivity (Wildman–Crippen MR) is 184 cm³/mol. The van der Waals surface area contributed by atoms with Crippen molar-refractivity contribution in [3.05, 3.63) is 86.4 Å². The summed E-state index contributed by atoms with van der Waals surface area (Å²) in [6, 6.07) is 14.8. The standard InChI is InChI=1S/C35H41Cl2N3O5.ClH/c1-21-16-28(36)33(29(37)17-21)45-15-14-44-31-11-8-24(18-32(31)43-4)34(41)39-30-12-13-38-19-27(30)35(42)40(26-9-10-26)20-25-7-5-6-22(2)23(25)3;/h5-8,11,16-18,26-27,30,38H,9-10,12-15,19-20H2,1-4H3,(H,39,41);1H. The minimum Gasteiger partial charge on any atom is -0.493 e. The van der Waals surface area contributed by atoms with Gasteiger partial charge in [-0.05, 0) is 99.2 Å². The Morgan fingerprint density at radius 1 is 0.957 bits per heavy atom. The molecule has 2 aliphatic rings. The van der Waals surface area contributed by atoms with Crippen molar-refractivity contribution in [2.75, 3.05) is 33.4 Å². The van der Waals surface area contributed by atoms with Crippen LogP contribution in [0.25, 0.3) is 0 Å². The molecule has 0 spiro atoms. The number of hydrogen-bond donors (Lipinski definition) is 2. The van der Waals surface area contributed by atoms with Gasteiger partial charge < -0.3 is 29.7 Å². The van der Waals surface area contributed by atoms with E-state index < -0.39 is 0 Å². The molecule has 2 unspecified atom stereocenters. The maximum atomic E-state index is 14.0. The fraction of sp³-hybridized carbons (Fsp3) is 0.429. The highest BCUT2D eigenvalue weighted by Crippen LogP contribution is 2.35. The first-order valence-electron chi connectivity index (χ1n) is 15.4. The molecule has 248 valence electrons. The van der Waals surface area contributed by atoms with Gasteiger partial charge in [-0.3, -0.25) is 9.59 Å². The second-order valence-electron chi connectivity index (χ2n) is 11.9. The normalized spacial score (nSPS) is 17.4. The van der Waals surface area contributed by atoms with Gasteiger partial charge in [0.25, 0.3) is 5.91 Å². The summed E-state index contributed by atoms with van der Waals surface area (Å²) < 4.78 is 17.2. The highest BCUT2D eigenvalue weighted by atomic mass is 35.5. The summed E-state index contributed by atoms with van der Waals surface area (Å²) in [5.74, 6) is 0.775. The third kappa shape index (κ3) is 8.59. The predicted octanol–water partition coefficient (Wildman–Crippen LogP) is 6.71. The number of benzene rings is 3. The van der Waals surface area contributed by atoms with Crippen LogP contribution in [0.3, 0.4) is 0 Å². The third-order valence-electron chi connectivity index (χ3n) is 8.60. The first kappa shape index (κ1) is 35.7. The number of carbonyl (C=O) groups is 2. The molecule has 3 aromatic carbocycles. The van der Waals surface area contributed by atoms with Crippen LogP contribution in [-0.4, -0.2) is 62.2 Å². The molecule has 0 bridgehead atoms. The number of nitrogens with zero attached hydrogens (tertiary/aromatic N) is 1. The minimum absolute atomic E-state index is 0. The fourth-order valence-corrected chi connectivity index (χ4v) is 6.45. The van der Waals surface area contributed by atoms with Gasteiger partial charge >= 0.3 is 0 Å².